The number of nitrogens with one attached hydrogen (secondary N) is 4. The van der Waals surface area contributed by atoms with Gasteiger partial charge in [0.25, 0.3) is 0 Å². The summed E-state index contributed by atoms with van der Waals surface area (Å²) in [6, 6.07) is 12.9. The molecule has 1 saturated heterocycles. The number of H-pyrrole nitrogens is 2. The summed E-state index contributed by atoms with van der Waals surface area (Å²) in [6.45, 7) is 9.63. The molecule has 7 unspecified atom stereocenters. The molecular weight excluding hydrogens is 844 g/mol. The molecule has 8 rings (SSSR count). The maximum absolute atomic E-state index is 15.0. The largest absolute Gasteiger partial charge is 0.469 e. The Bertz CT molecular complexity index is 2510. The molecule has 5 N–H and O–H groups in total. The number of aromatic amines is 2. The number of alkyl halides is 1. The van der Waals surface area contributed by atoms with Gasteiger partial charge in [-0.15, -0.1) is 0 Å². The number of methoxy groups -OCH3 is 2. The van der Waals surface area contributed by atoms with Crippen molar-refractivity contribution in [2.24, 2.45) is 23.7 Å². The Balaban J connectivity index is 1.01. The number of carbonyl (C=O) groups is 3. The van der Waals surface area contributed by atoms with Crippen LogP contribution in [-0.2, 0) is 25.5 Å². The van der Waals surface area contributed by atoms with Crippen molar-refractivity contribution in [2.75, 3.05) is 20.8 Å². The molecular formula is C50H65FN8O7. The molecule has 5 aromatic rings. The van der Waals surface area contributed by atoms with E-state index in [2.05, 4.69) is 67.4 Å². The number of ketones is 1. The number of likely N-dealkylation sites (tertiary alicyclic amines) is 1. The van der Waals surface area contributed by atoms with Gasteiger partial charge in [-0.05, 0) is 67.3 Å². The first-order chi connectivity index (χ1) is 31.8. The molecule has 3 aromatic heterocycles. The van der Waals surface area contributed by atoms with E-state index in [1.807, 2.05) is 46.0 Å². The van der Waals surface area contributed by atoms with Crippen LogP contribution in [0, 0.1) is 23.7 Å². The molecule has 66 heavy (non-hydrogen) atoms. The van der Waals surface area contributed by atoms with Crippen molar-refractivity contribution in [3.63, 3.8) is 0 Å². The summed E-state index contributed by atoms with van der Waals surface area (Å²) in [7, 11) is 2.64. The molecule has 16 heteroatoms. The second kappa shape index (κ2) is 20.1. The van der Waals surface area contributed by atoms with Crippen LogP contribution in [0.25, 0.3) is 44.7 Å². The van der Waals surface area contributed by atoms with E-state index in [1.54, 1.807) is 6.20 Å². The van der Waals surface area contributed by atoms with E-state index >= 15 is 4.39 Å². The van der Waals surface area contributed by atoms with Gasteiger partial charge in [-0.3, -0.25) is 14.9 Å². The Kier molecular flexibility index (Phi) is 14.3. The number of hydrogen-bond acceptors (Lipinski definition) is 10. The first kappa shape index (κ1) is 46.9. The number of fused-ring (bicyclic) bond motifs is 5. The molecule has 1 saturated carbocycles. The average Bonchev–Trinajstić information content (AvgIpc) is 4.11. The zero-order chi connectivity index (χ0) is 46.8. The second-order valence-corrected chi connectivity index (χ2v) is 19.0. The Labute approximate surface area is 385 Å². The van der Waals surface area contributed by atoms with Crippen molar-refractivity contribution in [1.29, 1.82) is 0 Å². The molecule has 15 nitrogen and oxygen atoms in total. The van der Waals surface area contributed by atoms with Gasteiger partial charge < -0.3 is 44.1 Å². The SMILES string of the molecule is CCCC(CCC(=O)C(NC(O)OC)C(C)C)Cc1ncc(-c2ccc3c(c2)cc2n3C(C3CCC3)Oc3cc(-c4cnc(C5CC(F)CN5C(=O)C(NC(=O)OC)C(C)C)[nH]4)ccc3-2)[nH]1. The van der Waals surface area contributed by atoms with Crippen LogP contribution in [0.15, 0.2) is 54.9 Å². The number of amides is 2. The third kappa shape index (κ3) is 9.77. The predicted octanol–water partition coefficient (Wildman–Crippen LogP) is 8.62. The van der Waals surface area contributed by atoms with E-state index in [1.165, 1.54) is 19.1 Å². The quantitative estimate of drug-likeness (QED) is 0.0502. The van der Waals surface area contributed by atoms with E-state index in [0.717, 1.165) is 101 Å². The molecule has 5 heterocycles. The number of ether oxygens (including phenoxy) is 3. The Morgan fingerprint density at radius 3 is 2.38 bits per heavy atom. The average molecular weight is 909 g/mol. The van der Waals surface area contributed by atoms with E-state index in [0.29, 0.717) is 18.2 Å². The Morgan fingerprint density at radius 1 is 0.955 bits per heavy atom. The van der Waals surface area contributed by atoms with Gasteiger partial charge >= 0.3 is 6.09 Å². The molecule has 0 radical (unpaired) electrons. The minimum Gasteiger partial charge on any atom is -0.469 e. The van der Waals surface area contributed by atoms with Gasteiger partial charge in [-0.25, -0.2) is 19.2 Å². The molecule has 2 amide bonds. The zero-order valence-corrected chi connectivity index (χ0v) is 39.1. The van der Waals surface area contributed by atoms with Gasteiger partial charge in [0.15, 0.2) is 6.23 Å². The lowest BCUT2D eigenvalue weighted by atomic mass is 9.83. The highest BCUT2D eigenvalue weighted by Gasteiger charge is 2.42. The maximum Gasteiger partial charge on any atom is 0.407 e. The fourth-order valence-corrected chi connectivity index (χ4v) is 9.94. The molecule has 0 bridgehead atoms. The van der Waals surface area contributed by atoms with E-state index < -0.39 is 36.8 Å². The molecule has 354 valence electrons. The minimum atomic E-state index is -1.23. The summed E-state index contributed by atoms with van der Waals surface area (Å²) in [5, 5.41) is 16.6. The lowest BCUT2D eigenvalue weighted by Crippen LogP contribution is -2.51. The van der Waals surface area contributed by atoms with Crippen LogP contribution in [0.4, 0.5) is 9.18 Å². The van der Waals surface area contributed by atoms with E-state index in [-0.39, 0.29) is 48.6 Å². The van der Waals surface area contributed by atoms with Crippen molar-refractivity contribution in [3.05, 3.63) is 66.5 Å². The highest BCUT2D eigenvalue weighted by atomic mass is 19.1. The number of aliphatic hydroxyl groups excluding tert-OH is 1. The van der Waals surface area contributed by atoms with Crippen molar-refractivity contribution in [2.45, 2.75) is 129 Å². The molecule has 1 aliphatic carbocycles. The summed E-state index contributed by atoms with van der Waals surface area (Å²) >= 11 is 0. The van der Waals surface area contributed by atoms with Crippen molar-refractivity contribution in [3.8, 4) is 39.5 Å². The molecule has 0 spiro atoms. The lowest BCUT2D eigenvalue weighted by Gasteiger charge is -2.39. The third-order valence-electron chi connectivity index (χ3n) is 13.8. The fourth-order valence-electron chi connectivity index (χ4n) is 9.94. The smallest absolute Gasteiger partial charge is 0.407 e. The Morgan fingerprint density at radius 2 is 1.68 bits per heavy atom. The lowest BCUT2D eigenvalue weighted by molar-refractivity contribution is -0.135. The van der Waals surface area contributed by atoms with E-state index in [4.69, 9.17) is 19.2 Å². The van der Waals surface area contributed by atoms with Crippen LogP contribution in [0.3, 0.4) is 0 Å². The van der Waals surface area contributed by atoms with Crippen LogP contribution in [0.2, 0.25) is 0 Å². The number of nitrogens with zero attached hydrogens (tertiary/aromatic N) is 4. The minimum absolute atomic E-state index is 0.0127. The molecule has 2 fully saturated rings. The molecule has 2 aromatic carbocycles. The monoisotopic (exact) mass is 908 g/mol. The standard InChI is InChI=1S/C50H65FN8O7/c1-8-10-29(13-18-41(60)44(27(2)3)56-49(62)64-6)19-43-52-24-36(54-43)31-15-17-38-33(20-31)21-39-35-16-14-32(22-42(35)66-48(59(38)39)30-11-9-12-30)37-25-53-46(55-37)40-23-34(51)26-58(40)47(61)45(28(4)5)57-50(63)65-7/h14-17,20-22,24-25,27-30,34,40,44-45,48-49,56,62H,8-13,18-19,23,26H2,1-7H3,(H,52,54)(H,53,55)(H,57,63). The normalized spacial score (nSPS) is 20.1. The van der Waals surface area contributed by atoms with Crippen molar-refractivity contribution in [1.82, 2.24) is 40.0 Å². The number of halogens is 1. The highest BCUT2D eigenvalue weighted by molar-refractivity contribution is 5.92. The first-order valence-corrected chi connectivity index (χ1v) is 23.6. The molecule has 2 aliphatic heterocycles. The number of Topliss-reactive ketones (excluding diaryl/α,β-unsaturated/α-hetero) is 1. The summed E-state index contributed by atoms with van der Waals surface area (Å²) < 4.78 is 34.0. The van der Waals surface area contributed by atoms with Crippen LogP contribution >= 0.6 is 0 Å². The van der Waals surface area contributed by atoms with Crippen LogP contribution in [-0.4, -0.2) is 97.7 Å². The second-order valence-electron chi connectivity index (χ2n) is 19.0. The van der Waals surface area contributed by atoms with Gasteiger partial charge in [0.05, 0.1) is 60.7 Å². The van der Waals surface area contributed by atoms with Crippen LogP contribution < -0.4 is 15.4 Å². The van der Waals surface area contributed by atoms with Crippen molar-refractivity contribution < 1.29 is 38.1 Å². The zero-order valence-electron chi connectivity index (χ0n) is 39.1. The third-order valence-corrected chi connectivity index (χ3v) is 13.8. The number of rotatable bonds is 19. The number of alkyl carbamates (subject to hydrolysis) is 1. The number of benzene rings is 2. The fraction of sp³-hybridized carbons (Fsp3) is 0.540. The first-order valence-electron chi connectivity index (χ1n) is 23.6. The van der Waals surface area contributed by atoms with Gasteiger partial charge in [0.1, 0.15) is 35.4 Å². The number of aromatic nitrogens is 5. The van der Waals surface area contributed by atoms with E-state index in [9.17, 15) is 19.5 Å². The van der Waals surface area contributed by atoms with Gasteiger partial charge in [-0.2, -0.15) is 0 Å². The number of hydrogen-bond donors (Lipinski definition) is 5. The topological polar surface area (TPSA) is 189 Å². The maximum atomic E-state index is 15.0. The van der Waals surface area contributed by atoms with Gasteiger partial charge in [-0.1, -0.05) is 66.0 Å². The predicted molar refractivity (Wildman–Crippen MR) is 249 cm³/mol. The van der Waals surface area contributed by atoms with Crippen LogP contribution in [0.1, 0.15) is 110 Å². The Hall–Kier alpha value is -5.58. The summed E-state index contributed by atoms with van der Waals surface area (Å²) in [5.74, 6) is 2.24. The summed E-state index contributed by atoms with van der Waals surface area (Å²) in [4.78, 5) is 56.9. The number of carbonyl (C=O) groups excluding carboxylic acids is 3. The summed E-state index contributed by atoms with van der Waals surface area (Å²) in [6.07, 6.45) is 7.55. The highest BCUT2D eigenvalue weighted by Crippen LogP contribution is 2.49. The number of aliphatic hydroxyl groups is 1. The number of imidazole rings is 2. The van der Waals surface area contributed by atoms with Crippen molar-refractivity contribution >= 4 is 28.7 Å². The molecule has 3 aliphatic rings. The van der Waals surface area contributed by atoms with Crippen LogP contribution in [0.5, 0.6) is 5.75 Å². The summed E-state index contributed by atoms with van der Waals surface area (Å²) in [5.41, 5.74) is 6.70. The van der Waals surface area contributed by atoms with Gasteiger partial charge in [0.2, 0.25) is 12.3 Å². The van der Waals surface area contributed by atoms with Gasteiger partial charge in [0, 0.05) is 54.4 Å². The molecule has 7 atom stereocenters.